The molecule has 1 aliphatic rings. The van der Waals surface area contributed by atoms with Gasteiger partial charge in [0.15, 0.2) is 6.29 Å². The van der Waals surface area contributed by atoms with Crippen LogP contribution >= 0.6 is 0 Å². The number of aromatic nitrogens is 2. The minimum Gasteiger partial charge on any atom is -0.464 e. The maximum Gasteiger partial charge on any atom is 0.187 e. The first kappa shape index (κ1) is 12.6. The Hall–Kier alpha value is -2.11. The van der Waals surface area contributed by atoms with Crippen LogP contribution in [0.2, 0.25) is 0 Å². The summed E-state index contributed by atoms with van der Waals surface area (Å²) in [6, 6.07) is 6.13. The van der Waals surface area contributed by atoms with Crippen molar-refractivity contribution >= 4 is 11.0 Å². The summed E-state index contributed by atoms with van der Waals surface area (Å²) in [5.41, 5.74) is 3.90. The van der Waals surface area contributed by atoms with Crippen LogP contribution in [-0.4, -0.2) is 22.8 Å². The monoisotopic (exact) mass is 284 g/mol. The van der Waals surface area contributed by atoms with Crippen molar-refractivity contribution < 1.29 is 13.9 Å². The maximum atomic E-state index is 5.74. The predicted molar refractivity (Wildman–Crippen MR) is 77.7 cm³/mol. The van der Waals surface area contributed by atoms with Crippen molar-refractivity contribution in [2.75, 3.05) is 13.2 Å². The van der Waals surface area contributed by atoms with E-state index in [-0.39, 0.29) is 6.29 Å². The summed E-state index contributed by atoms with van der Waals surface area (Å²) in [5, 5.41) is 1.04. The number of aryl methyl sites for hydroxylation is 1. The second kappa shape index (κ2) is 5.02. The average molecular weight is 284 g/mol. The second-order valence-electron chi connectivity index (χ2n) is 5.22. The molecule has 0 aliphatic carbocycles. The zero-order valence-corrected chi connectivity index (χ0v) is 11.8. The van der Waals surface area contributed by atoms with Crippen LogP contribution in [0.15, 0.2) is 41.4 Å². The highest BCUT2D eigenvalue weighted by molar-refractivity contribution is 5.86. The normalized spacial score (nSPS) is 16.6. The molecule has 0 amide bonds. The molecule has 0 bridgehead atoms. The first-order valence-electron chi connectivity index (χ1n) is 7.04. The predicted octanol–water partition coefficient (Wildman–Crippen LogP) is 3.27. The summed E-state index contributed by atoms with van der Waals surface area (Å²) >= 11 is 0. The molecule has 1 aliphatic heterocycles. The van der Waals surface area contributed by atoms with Gasteiger partial charge in [-0.2, -0.15) is 0 Å². The first-order valence-corrected chi connectivity index (χ1v) is 7.04. The van der Waals surface area contributed by atoms with Crippen molar-refractivity contribution in [1.29, 1.82) is 0 Å². The third kappa shape index (κ3) is 2.14. The Labute approximate surface area is 122 Å². The number of benzene rings is 1. The lowest BCUT2D eigenvalue weighted by Gasteiger charge is -2.24. The van der Waals surface area contributed by atoms with E-state index in [2.05, 4.69) is 17.1 Å². The fourth-order valence-corrected chi connectivity index (χ4v) is 2.74. The van der Waals surface area contributed by atoms with E-state index in [1.165, 1.54) is 0 Å². The minimum absolute atomic E-state index is 0.361. The highest BCUT2D eigenvalue weighted by Crippen LogP contribution is 2.34. The van der Waals surface area contributed by atoms with Crippen LogP contribution in [0.25, 0.3) is 22.2 Å². The number of fused-ring (bicyclic) bond motifs is 1. The van der Waals surface area contributed by atoms with E-state index >= 15 is 0 Å². The largest absolute Gasteiger partial charge is 0.464 e. The third-order valence-electron chi connectivity index (χ3n) is 3.77. The van der Waals surface area contributed by atoms with Gasteiger partial charge in [0, 0.05) is 18.0 Å². The van der Waals surface area contributed by atoms with Crippen LogP contribution in [0.1, 0.15) is 18.3 Å². The fourth-order valence-electron chi connectivity index (χ4n) is 2.74. The van der Waals surface area contributed by atoms with Crippen LogP contribution in [0.3, 0.4) is 0 Å². The molecule has 0 spiro atoms. The quantitative estimate of drug-likeness (QED) is 0.724. The van der Waals surface area contributed by atoms with E-state index in [4.69, 9.17) is 13.9 Å². The lowest BCUT2D eigenvalue weighted by Crippen LogP contribution is -2.18. The number of imidazole rings is 1. The molecular weight excluding hydrogens is 268 g/mol. The number of hydrogen-bond acceptors (Lipinski definition) is 4. The van der Waals surface area contributed by atoms with Crippen molar-refractivity contribution in [2.45, 2.75) is 12.7 Å². The van der Waals surface area contributed by atoms with E-state index in [1.54, 1.807) is 12.6 Å². The molecule has 0 N–H and O–H groups in total. The van der Waals surface area contributed by atoms with Gasteiger partial charge in [-0.05, 0) is 24.6 Å². The summed E-state index contributed by atoms with van der Waals surface area (Å²) < 4.78 is 19.1. The molecule has 5 heteroatoms. The molecule has 5 nitrogen and oxygen atoms in total. The molecule has 3 aromatic rings. The van der Waals surface area contributed by atoms with Crippen LogP contribution < -0.4 is 0 Å². The van der Waals surface area contributed by atoms with Gasteiger partial charge >= 0.3 is 0 Å². The van der Waals surface area contributed by atoms with Crippen LogP contribution in [0, 0.1) is 0 Å². The van der Waals surface area contributed by atoms with Gasteiger partial charge in [0.1, 0.15) is 5.58 Å². The molecule has 3 heterocycles. The van der Waals surface area contributed by atoms with Gasteiger partial charge in [-0.3, -0.25) is 0 Å². The zero-order valence-electron chi connectivity index (χ0n) is 11.8. The summed E-state index contributed by atoms with van der Waals surface area (Å²) in [6.45, 7) is 1.42. The summed E-state index contributed by atoms with van der Waals surface area (Å²) in [4.78, 5) is 4.19. The summed E-state index contributed by atoms with van der Waals surface area (Å²) in [6.07, 6.45) is 5.92. The molecule has 2 aromatic heterocycles. The van der Waals surface area contributed by atoms with E-state index in [1.807, 2.05) is 23.9 Å². The summed E-state index contributed by atoms with van der Waals surface area (Å²) in [7, 11) is 1.98. The van der Waals surface area contributed by atoms with Crippen molar-refractivity contribution in [3.63, 3.8) is 0 Å². The lowest BCUT2D eigenvalue weighted by atomic mass is 10.0. The smallest absolute Gasteiger partial charge is 0.187 e. The van der Waals surface area contributed by atoms with Gasteiger partial charge in [-0.25, -0.2) is 4.98 Å². The molecule has 1 saturated heterocycles. The zero-order chi connectivity index (χ0) is 14.2. The van der Waals surface area contributed by atoms with Crippen molar-refractivity contribution in [3.05, 3.63) is 42.5 Å². The summed E-state index contributed by atoms with van der Waals surface area (Å²) in [5.74, 6) is 0. The fraction of sp³-hybridized carbons (Fsp3) is 0.312. The van der Waals surface area contributed by atoms with Gasteiger partial charge in [0.25, 0.3) is 0 Å². The maximum absolute atomic E-state index is 5.74. The van der Waals surface area contributed by atoms with E-state index in [0.717, 1.165) is 34.2 Å². The molecule has 0 radical (unpaired) electrons. The number of furan rings is 1. The SMILES string of the molecule is Cn1cncc1-c1cc(C2OCCCO2)c2occc2c1. The van der Waals surface area contributed by atoms with E-state index in [9.17, 15) is 0 Å². The Morgan fingerprint density at radius 2 is 2.10 bits per heavy atom. The molecule has 1 fully saturated rings. The number of rotatable bonds is 2. The Morgan fingerprint density at radius 1 is 1.24 bits per heavy atom. The molecule has 0 unspecified atom stereocenters. The Kier molecular flexibility index (Phi) is 3.02. The standard InChI is InChI=1S/C16H16N2O3/c1-18-10-17-9-14(18)12-7-11-3-6-19-15(11)13(8-12)16-20-4-2-5-21-16/h3,6-10,16H,2,4-5H2,1H3. The molecule has 0 atom stereocenters. The molecular formula is C16H16N2O3. The van der Waals surface area contributed by atoms with E-state index in [0.29, 0.717) is 13.2 Å². The average Bonchev–Trinajstić information content (AvgIpc) is 3.15. The van der Waals surface area contributed by atoms with Gasteiger partial charge < -0.3 is 18.5 Å². The second-order valence-corrected chi connectivity index (χ2v) is 5.22. The van der Waals surface area contributed by atoms with Crippen molar-refractivity contribution in [2.24, 2.45) is 7.05 Å². The molecule has 1 aromatic carbocycles. The minimum atomic E-state index is -0.361. The van der Waals surface area contributed by atoms with Crippen LogP contribution in [0.5, 0.6) is 0 Å². The molecule has 0 saturated carbocycles. The van der Waals surface area contributed by atoms with Gasteiger partial charge in [-0.1, -0.05) is 0 Å². The Balaban J connectivity index is 1.88. The topological polar surface area (TPSA) is 49.4 Å². The lowest BCUT2D eigenvalue weighted by molar-refractivity contribution is -0.182. The molecule has 4 rings (SSSR count). The Morgan fingerprint density at radius 3 is 2.86 bits per heavy atom. The van der Waals surface area contributed by atoms with Crippen molar-refractivity contribution in [1.82, 2.24) is 9.55 Å². The molecule has 108 valence electrons. The van der Waals surface area contributed by atoms with Crippen LogP contribution in [0.4, 0.5) is 0 Å². The number of hydrogen-bond donors (Lipinski definition) is 0. The Bertz CT molecular complexity index is 769. The van der Waals surface area contributed by atoms with Crippen LogP contribution in [-0.2, 0) is 16.5 Å². The van der Waals surface area contributed by atoms with Gasteiger partial charge in [0.05, 0.1) is 43.3 Å². The van der Waals surface area contributed by atoms with E-state index < -0.39 is 0 Å². The van der Waals surface area contributed by atoms with Gasteiger partial charge in [-0.15, -0.1) is 0 Å². The first-order chi connectivity index (χ1) is 10.3. The number of nitrogens with zero attached hydrogens (tertiary/aromatic N) is 2. The highest BCUT2D eigenvalue weighted by Gasteiger charge is 2.22. The van der Waals surface area contributed by atoms with Gasteiger partial charge in [0.2, 0.25) is 0 Å². The molecule has 21 heavy (non-hydrogen) atoms. The number of ether oxygens (including phenoxy) is 2. The highest BCUT2D eigenvalue weighted by atomic mass is 16.7. The third-order valence-corrected chi connectivity index (χ3v) is 3.77. The van der Waals surface area contributed by atoms with Crippen molar-refractivity contribution in [3.8, 4) is 11.3 Å².